The SMILES string of the molecule is COc1cc2c(cc1O)CN(C(=O)C[C@H](C)C(=O)O)C2. The molecule has 0 saturated heterocycles. The second-order valence-electron chi connectivity index (χ2n) is 4.99. The third-order valence-corrected chi connectivity index (χ3v) is 3.48. The molecule has 0 spiro atoms. The normalized spacial score (nSPS) is 14.8. The largest absolute Gasteiger partial charge is 0.504 e. The zero-order valence-electron chi connectivity index (χ0n) is 11.4. The van der Waals surface area contributed by atoms with E-state index in [1.54, 1.807) is 17.0 Å². The van der Waals surface area contributed by atoms with Crippen molar-refractivity contribution >= 4 is 11.9 Å². The van der Waals surface area contributed by atoms with Gasteiger partial charge in [0.15, 0.2) is 11.5 Å². The van der Waals surface area contributed by atoms with Crippen LogP contribution in [0, 0.1) is 5.92 Å². The number of carbonyl (C=O) groups excluding carboxylic acids is 1. The predicted octanol–water partition coefficient (Wildman–Crippen LogP) is 1.35. The van der Waals surface area contributed by atoms with Crippen LogP contribution in [-0.2, 0) is 22.7 Å². The molecule has 0 fully saturated rings. The molecule has 1 aliphatic rings. The van der Waals surface area contributed by atoms with Crippen molar-refractivity contribution in [3.05, 3.63) is 23.3 Å². The van der Waals surface area contributed by atoms with E-state index in [1.807, 2.05) is 0 Å². The van der Waals surface area contributed by atoms with Crippen molar-refractivity contribution in [1.82, 2.24) is 4.90 Å². The molecular weight excluding hydrogens is 262 g/mol. The van der Waals surface area contributed by atoms with Gasteiger partial charge in [0.1, 0.15) is 0 Å². The van der Waals surface area contributed by atoms with Crippen LogP contribution in [0.15, 0.2) is 12.1 Å². The van der Waals surface area contributed by atoms with Crippen molar-refractivity contribution in [3.63, 3.8) is 0 Å². The lowest BCUT2D eigenvalue weighted by atomic mass is 10.1. The third kappa shape index (κ3) is 2.68. The lowest BCUT2D eigenvalue weighted by Crippen LogP contribution is -2.28. The summed E-state index contributed by atoms with van der Waals surface area (Å²) in [6.07, 6.45) is -0.0214. The summed E-state index contributed by atoms with van der Waals surface area (Å²) in [4.78, 5) is 24.4. The quantitative estimate of drug-likeness (QED) is 0.868. The monoisotopic (exact) mass is 279 g/mol. The maximum atomic E-state index is 12.0. The number of phenolic OH excluding ortho intramolecular Hbond substituents is 1. The minimum absolute atomic E-state index is 0.0214. The summed E-state index contributed by atoms with van der Waals surface area (Å²) in [5.74, 6) is -1.46. The summed E-state index contributed by atoms with van der Waals surface area (Å²) in [6.45, 7) is 2.31. The van der Waals surface area contributed by atoms with Gasteiger partial charge in [-0.3, -0.25) is 9.59 Å². The lowest BCUT2D eigenvalue weighted by molar-refractivity contribution is -0.145. The predicted molar refractivity (Wildman–Crippen MR) is 70.3 cm³/mol. The molecule has 0 bridgehead atoms. The zero-order valence-corrected chi connectivity index (χ0v) is 11.4. The first-order valence-corrected chi connectivity index (χ1v) is 6.31. The van der Waals surface area contributed by atoms with Crippen molar-refractivity contribution in [1.29, 1.82) is 0 Å². The molecule has 6 heteroatoms. The van der Waals surface area contributed by atoms with Crippen molar-refractivity contribution < 1.29 is 24.5 Å². The average molecular weight is 279 g/mol. The van der Waals surface area contributed by atoms with Crippen LogP contribution >= 0.6 is 0 Å². The number of carbonyl (C=O) groups is 2. The van der Waals surface area contributed by atoms with Gasteiger partial charge in [-0.15, -0.1) is 0 Å². The van der Waals surface area contributed by atoms with E-state index in [4.69, 9.17) is 9.84 Å². The average Bonchev–Trinajstić information content (AvgIpc) is 2.80. The van der Waals surface area contributed by atoms with Crippen molar-refractivity contribution in [2.75, 3.05) is 7.11 Å². The van der Waals surface area contributed by atoms with Crippen LogP contribution in [0.1, 0.15) is 24.5 Å². The number of ether oxygens (including phenoxy) is 1. The number of benzene rings is 1. The molecule has 0 radical (unpaired) electrons. The molecule has 1 heterocycles. The number of methoxy groups -OCH3 is 1. The van der Waals surface area contributed by atoms with E-state index in [9.17, 15) is 14.7 Å². The highest BCUT2D eigenvalue weighted by molar-refractivity contribution is 5.82. The van der Waals surface area contributed by atoms with E-state index in [0.717, 1.165) is 11.1 Å². The van der Waals surface area contributed by atoms with E-state index in [0.29, 0.717) is 18.8 Å². The highest BCUT2D eigenvalue weighted by Gasteiger charge is 2.27. The van der Waals surface area contributed by atoms with Crippen molar-refractivity contribution in [2.24, 2.45) is 5.92 Å². The van der Waals surface area contributed by atoms with Gasteiger partial charge in [0.05, 0.1) is 13.0 Å². The first-order chi connectivity index (χ1) is 9.42. The minimum atomic E-state index is -0.977. The van der Waals surface area contributed by atoms with Gasteiger partial charge in [-0.25, -0.2) is 0 Å². The van der Waals surface area contributed by atoms with Crippen LogP contribution in [0.2, 0.25) is 0 Å². The molecule has 108 valence electrons. The number of amides is 1. The summed E-state index contributed by atoms with van der Waals surface area (Å²) >= 11 is 0. The Bertz CT molecular complexity index is 555. The van der Waals surface area contributed by atoms with Gasteiger partial charge in [0.25, 0.3) is 0 Å². The lowest BCUT2D eigenvalue weighted by Gasteiger charge is -2.16. The maximum Gasteiger partial charge on any atom is 0.306 e. The summed E-state index contributed by atoms with van der Waals surface area (Å²) in [5.41, 5.74) is 1.77. The Hall–Kier alpha value is -2.24. The zero-order chi connectivity index (χ0) is 14.9. The number of nitrogens with zero attached hydrogens (tertiary/aromatic N) is 1. The summed E-state index contributed by atoms with van der Waals surface area (Å²) < 4.78 is 5.03. The second kappa shape index (κ2) is 5.40. The number of rotatable bonds is 4. The first-order valence-electron chi connectivity index (χ1n) is 6.31. The number of phenols is 1. The topological polar surface area (TPSA) is 87.1 Å². The fourth-order valence-corrected chi connectivity index (χ4v) is 2.23. The summed E-state index contributed by atoms with van der Waals surface area (Å²) in [6, 6.07) is 3.29. The molecule has 6 nitrogen and oxygen atoms in total. The number of aliphatic carboxylic acids is 1. The van der Waals surface area contributed by atoms with Crippen LogP contribution in [0.3, 0.4) is 0 Å². The molecule has 1 aliphatic heterocycles. The molecule has 1 aromatic carbocycles. The molecule has 2 rings (SSSR count). The summed E-state index contributed by atoms with van der Waals surface area (Å²) in [5, 5.41) is 18.5. The Balaban J connectivity index is 2.09. The molecule has 0 saturated carbocycles. The highest BCUT2D eigenvalue weighted by Crippen LogP contribution is 2.34. The Morgan fingerprint density at radius 2 is 1.95 bits per heavy atom. The van der Waals surface area contributed by atoms with Gasteiger partial charge in [-0.05, 0) is 23.3 Å². The van der Waals surface area contributed by atoms with Gasteiger partial charge in [-0.1, -0.05) is 6.92 Å². The van der Waals surface area contributed by atoms with Crippen LogP contribution in [-0.4, -0.2) is 34.1 Å². The first kappa shape index (κ1) is 14.2. The number of hydrogen-bond acceptors (Lipinski definition) is 4. The number of aromatic hydroxyl groups is 1. The Morgan fingerprint density at radius 3 is 2.50 bits per heavy atom. The minimum Gasteiger partial charge on any atom is -0.504 e. The van der Waals surface area contributed by atoms with Crippen LogP contribution < -0.4 is 4.74 Å². The molecule has 1 amide bonds. The van der Waals surface area contributed by atoms with Gasteiger partial charge in [0, 0.05) is 19.5 Å². The van der Waals surface area contributed by atoms with Crippen LogP contribution in [0.4, 0.5) is 0 Å². The van der Waals surface area contributed by atoms with Crippen LogP contribution in [0.5, 0.6) is 11.5 Å². The highest BCUT2D eigenvalue weighted by atomic mass is 16.5. The number of hydrogen-bond donors (Lipinski definition) is 2. The molecular formula is C14H17NO5. The van der Waals surface area contributed by atoms with Gasteiger partial charge in [-0.2, -0.15) is 0 Å². The molecule has 0 unspecified atom stereocenters. The van der Waals surface area contributed by atoms with E-state index in [2.05, 4.69) is 0 Å². The Kier molecular flexibility index (Phi) is 3.83. The van der Waals surface area contributed by atoms with E-state index < -0.39 is 11.9 Å². The third-order valence-electron chi connectivity index (χ3n) is 3.48. The fraction of sp³-hybridized carbons (Fsp3) is 0.429. The standard InChI is InChI=1S/C14H17NO5/c1-8(14(18)19)3-13(17)15-6-9-4-11(16)12(20-2)5-10(9)7-15/h4-5,8,16H,3,6-7H2,1-2H3,(H,18,19)/t8-/m0/s1. The Labute approximate surface area is 116 Å². The Morgan fingerprint density at radius 1 is 1.35 bits per heavy atom. The molecule has 2 N–H and O–H groups in total. The van der Waals surface area contributed by atoms with E-state index in [1.165, 1.54) is 14.0 Å². The van der Waals surface area contributed by atoms with Gasteiger partial charge < -0.3 is 19.8 Å². The van der Waals surface area contributed by atoms with Gasteiger partial charge in [0.2, 0.25) is 5.91 Å². The van der Waals surface area contributed by atoms with Crippen molar-refractivity contribution in [3.8, 4) is 11.5 Å². The smallest absolute Gasteiger partial charge is 0.306 e. The van der Waals surface area contributed by atoms with Crippen LogP contribution in [0.25, 0.3) is 0 Å². The molecule has 1 atom stereocenters. The van der Waals surface area contributed by atoms with Crippen molar-refractivity contribution in [2.45, 2.75) is 26.4 Å². The van der Waals surface area contributed by atoms with E-state index >= 15 is 0 Å². The number of fused-ring (bicyclic) bond motifs is 1. The molecule has 0 aliphatic carbocycles. The summed E-state index contributed by atoms with van der Waals surface area (Å²) in [7, 11) is 1.47. The van der Waals surface area contributed by atoms with Gasteiger partial charge >= 0.3 is 5.97 Å². The maximum absolute atomic E-state index is 12.0. The number of carboxylic acid groups (broad SMARTS) is 1. The van der Waals surface area contributed by atoms with E-state index in [-0.39, 0.29) is 18.1 Å². The molecule has 20 heavy (non-hydrogen) atoms. The number of carboxylic acids is 1. The molecule has 0 aromatic heterocycles. The molecule has 1 aromatic rings. The second-order valence-corrected chi connectivity index (χ2v) is 4.99. The fourth-order valence-electron chi connectivity index (χ4n) is 2.23.